The lowest BCUT2D eigenvalue weighted by Gasteiger charge is -2.06. The average molecular weight is 165 g/mol. The summed E-state index contributed by atoms with van der Waals surface area (Å²) in [6.07, 6.45) is 1.80. The summed E-state index contributed by atoms with van der Waals surface area (Å²) in [5.74, 6) is 0.732. The smallest absolute Gasteiger partial charge is 0.237 e. The fourth-order valence-electron chi connectivity index (χ4n) is 0.727. The summed E-state index contributed by atoms with van der Waals surface area (Å²) in [5.41, 5.74) is -0.350. The summed E-state index contributed by atoms with van der Waals surface area (Å²) in [7, 11) is 0.679. The molecule has 0 aliphatic heterocycles. The molecule has 1 aromatic carbocycles. The van der Waals surface area contributed by atoms with Crippen molar-refractivity contribution in [1.82, 2.24) is 0 Å². The zero-order chi connectivity index (χ0) is 8.10. The zero-order valence-electron chi connectivity index (χ0n) is 6.28. The zero-order valence-corrected chi connectivity index (χ0v) is 8.28. The monoisotopic (exact) mass is 165 g/mol. The van der Waals surface area contributed by atoms with Crippen LogP contribution in [0.15, 0.2) is 30.3 Å². The molecule has 0 aromatic heterocycles. The van der Waals surface area contributed by atoms with Gasteiger partial charge in [0.25, 0.3) is 0 Å². The summed E-state index contributed by atoms with van der Waals surface area (Å²) in [6, 6.07) is 9.28. The number of ether oxygens (including phenoxy) is 1. The van der Waals surface area contributed by atoms with E-state index in [-0.39, 0.29) is 5.73 Å². The second kappa shape index (κ2) is 3.93. The number of hydrogen-bond acceptors (Lipinski definition) is 2. The number of rotatable bonds is 3. The second-order valence-corrected chi connectivity index (χ2v) is 3.24. The Labute approximate surface area is 68.6 Å². The first-order chi connectivity index (χ1) is 5.33. The van der Waals surface area contributed by atoms with Crippen LogP contribution in [0.25, 0.3) is 0 Å². The van der Waals surface area contributed by atoms with E-state index in [1.807, 2.05) is 30.3 Å². The molecule has 0 saturated carbocycles. The van der Waals surface area contributed by atoms with Crippen molar-refractivity contribution >= 4 is 16.5 Å². The molecule has 11 heavy (non-hydrogen) atoms. The van der Waals surface area contributed by atoms with Crippen LogP contribution in [0.1, 0.15) is 0 Å². The van der Waals surface area contributed by atoms with E-state index in [1.54, 1.807) is 6.29 Å². The summed E-state index contributed by atoms with van der Waals surface area (Å²) in [5, 5.41) is 0. The molecular formula is C8H9O2Si. The van der Waals surface area contributed by atoms with E-state index in [0.717, 1.165) is 5.75 Å². The lowest BCUT2D eigenvalue weighted by molar-refractivity contribution is 0.330. The summed E-state index contributed by atoms with van der Waals surface area (Å²) >= 11 is 0. The van der Waals surface area contributed by atoms with E-state index in [4.69, 9.17) is 4.74 Å². The van der Waals surface area contributed by atoms with Crippen molar-refractivity contribution in [1.29, 1.82) is 0 Å². The highest BCUT2D eigenvalue weighted by Gasteiger charge is 1.99. The van der Waals surface area contributed by atoms with Gasteiger partial charge in [-0.25, -0.2) is 0 Å². The highest BCUT2D eigenvalue weighted by molar-refractivity contribution is 6.19. The van der Waals surface area contributed by atoms with Crippen molar-refractivity contribution in [2.24, 2.45) is 0 Å². The van der Waals surface area contributed by atoms with Crippen LogP contribution in [-0.2, 0) is 4.79 Å². The van der Waals surface area contributed by atoms with Crippen LogP contribution in [0.2, 0.25) is 0 Å². The maximum atomic E-state index is 10.1. The molecule has 0 N–H and O–H groups in total. The molecule has 0 saturated heterocycles. The van der Waals surface area contributed by atoms with E-state index in [9.17, 15) is 4.79 Å². The van der Waals surface area contributed by atoms with Gasteiger partial charge in [-0.15, -0.1) is 0 Å². The van der Waals surface area contributed by atoms with Gasteiger partial charge in [-0.3, -0.25) is 4.79 Å². The van der Waals surface area contributed by atoms with Gasteiger partial charge < -0.3 is 4.74 Å². The molecule has 1 radical (unpaired) electrons. The van der Waals surface area contributed by atoms with Crippen LogP contribution in [0.5, 0.6) is 5.75 Å². The van der Waals surface area contributed by atoms with Gasteiger partial charge in [-0.05, 0) is 12.1 Å². The van der Waals surface area contributed by atoms with Gasteiger partial charge in [0.2, 0.25) is 6.29 Å². The van der Waals surface area contributed by atoms with Crippen molar-refractivity contribution in [2.75, 3.05) is 0 Å². The minimum atomic E-state index is -0.350. The maximum Gasteiger partial charge on any atom is 0.237 e. The largest absolute Gasteiger partial charge is 0.487 e. The van der Waals surface area contributed by atoms with Crippen molar-refractivity contribution < 1.29 is 9.53 Å². The van der Waals surface area contributed by atoms with Crippen LogP contribution < -0.4 is 4.74 Å². The molecule has 1 unspecified atom stereocenters. The fourth-order valence-corrected chi connectivity index (χ4v) is 0.999. The molecule has 2 nitrogen and oxygen atoms in total. The van der Waals surface area contributed by atoms with Gasteiger partial charge >= 0.3 is 0 Å². The Morgan fingerprint density at radius 3 is 2.55 bits per heavy atom. The SMILES string of the molecule is O=[C]C([SiH3])Oc1ccccc1. The second-order valence-electron chi connectivity index (χ2n) is 2.19. The van der Waals surface area contributed by atoms with Crippen LogP contribution in [0.4, 0.5) is 0 Å². The third-order valence-corrected chi connectivity index (χ3v) is 1.69. The Hall–Kier alpha value is -1.09. The van der Waals surface area contributed by atoms with Crippen LogP contribution >= 0.6 is 0 Å². The molecule has 0 aliphatic rings. The first-order valence-corrected chi connectivity index (χ1v) is 4.58. The predicted octanol–water partition coefficient (Wildman–Crippen LogP) is -0.133. The lowest BCUT2D eigenvalue weighted by Crippen LogP contribution is -2.17. The Bertz CT molecular complexity index is 223. The van der Waals surface area contributed by atoms with E-state index in [0.29, 0.717) is 10.2 Å². The van der Waals surface area contributed by atoms with Crippen molar-refractivity contribution in [2.45, 2.75) is 5.73 Å². The summed E-state index contributed by atoms with van der Waals surface area (Å²) in [4.78, 5) is 10.1. The molecule has 1 atom stereocenters. The first-order valence-electron chi connectivity index (χ1n) is 3.42. The molecule has 0 heterocycles. The van der Waals surface area contributed by atoms with Crippen molar-refractivity contribution in [3.8, 4) is 5.75 Å². The summed E-state index contributed by atoms with van der Waals surface area (Å²) < 4.78 is 5.20. The quantitative estimate of drug-likeness (QED) is 0.583. The summed E-state index contributed by atoms with van der Waals surface area (Å²) in [6.45, 7) is 0. The standard InChI is InChI=1S/C8H9O2Si/c9-6-8(11)10-7-4-2-1-3-5-7/h1-5,8H,11H3. The first kappa shape index (κ1) is 8.01. The number of benzene rings is 1. The van der Waals surface area contributed by atoms with E-state index < -0.39 is 0 Å². The van der Waals surface area contributed by atoms with Crippen molar-refractivity contribution in [3.63, 3.8) is 0 Å². The van der Waals surface area contributed by atoms with Crippen LogP contribution in [0.3, 0.4) is 0 Å². The normalized spacial score (nSPS) is 12.4. The maximum absolute atomic E-state index is 10.1. The van der Waals surface area contributed by atoms with E-state index in [1.165, 1.54) is 0 Å². The minimum Gasteiger partial charge on any atom is -0.487 e. The number of hydrogen-bond donors (Lipinski definition) is 0. The highest BCUT2D eigenvalue weighted by atomic mass is 28.1. The molecule has 1 rings (SSSR count). The topological polar surface area (TPSA) is 26.3 Å². The highest BCUT2D eigenvalue weighted by Crippen LogP contribution is 2.08. The molecule has 0 bridgehead atoms. The Kier molecular flexibility index (Phi) is 2.86. The molecule has 57 valence electrons. The Morgan fingerprint density at radius 1 is 1.36 bits per heavy atom. The van der Waals surface area contributed by atoms with Crippen molar-refractivity contribution in [3.05, 3.63) is 30.3 Å². The number of para-hydroxylation sites is 1. The number of carbonyl (C=O) groups excluding carboxylic acids is 1. The molecule has 0 fully saturated rings. The van der Waals surface area contributed by atoms with Crippen LogP contribution in [-0.4, -0.2) is 22.3 Å². The van der Waals surface area contributed by atoms with Gasteiger partial charge in [0.05, 0.1) is 10.2 Å². The average Bonchev–Trinajstić information content (AvgIpc) is 2.06. The van der Waals surface area contributed by atoms with Gasteiger partial charge in [0, 0.05) is 0 Å². The van der Waals surface area contributed by atoms with Gasteiger partial charge in [0.15, 0.2) is 0 Å². The lowest BCUT2D eigenvalue weighted by atomic mass is 10.3. The molecule has 0 spiro atoms. The third-order valence-electron chi connectivity index (χ3n) is 1.22. The van der Waals surface area contributed by atoms with E-state index in [2.05, 4.69) is 0 Å². The molecule has 3 heteroatoms. The molecule has 0 amide bonds. The Morgan fingerprint density at radius 2 is 2.00 bits per heavy atom. The van der Waals surface area contributed by atoms with Crippen LogP contribution in [0, 0.1) is 0 Å². The fraction of sp³-hybridized carbons (Fsp3) is 0.125. The third kappa shape index (κ3) is 2.55. The molecular weight excluding hydrogens is 156 g/mol. The minimum absolute atomic E-state index is 0.350. The molecule has 1 aromatic rings. The van der Waals surface area contributed by atoms with E-state index >= 15 is 0 Å². The predicted molar refractivity (Wildman–Crippen MR) is 46.5 cm³/mol. The van der Waals surface area contributed by atoms with Gasteiger partial charge in [-0.2, -0.15) is 0 Å². The Balaban J connectivity index is 2.57. The van der Waals surface area contributed by atoms with Gasteiger partial charge in [0.1, 0.15) is 11.5 Å². The molecule has 0 aliphatic carbocycles. The van der Waals surface area contributed by atoms with Gasteiger partial charge in [-0.1, -0.05) is 18.2 Å².